The molecule has 4 rings (SSSR count). The van der Waals surface area contributed by atoms with Crippen molar-refractivity contribution < 1.29 is 14.1 Å². The molecule has 0 bridgehead atoms. The molecule has 2 aromatic carbocycles. The number of fused-ring (bicyclic) bond motifs is 1. The first kappa shape index (κ1) is 20.7. The van der Waals surface area contributed by atoms with Crippen LogP contribution in [0.25, 0.3) is 16.6 Å². The van der Waals surface area contributed by atoms with Gasteiger partial charge in [-0.05, 0) is 38.1 Å². The molecule has 8 nitrogen and oxygen atoms in total. The van der Waals surface area contributed by atoms with Crippen LogP contribution in [0, 0.1) is 6.92 Å². The number of aromatic nitrogens is 3. The normalized spacial score (nSPS) is 12.0. The Balaban J connectivity index is 1.75. The second-order valence-electron chi connectivity index (χ2n) is 6.84. The van der Waals surface area contributed by atoms with Crippen molar-refractivity contribution in [3.05, 3.63) is 70.6 Å². The highest BCUT2D eigenvalue weighted by molar-refractivity contribution is 8.00. The molecule has 31 heavy (non-hydrogen) atoms. The summed E-state index contributed by atoms with van der Waals surface area (Å²) in [5, 5.41) is 6.78. The predicted molar refractivity (Wildman–Crippen MR) is 119 cm³/mol. The molecule has 0 radical (unpaired) electrons. The predicted octanol–water partition coefficient (Wildman–Crippen LogP) is 3.81. The van der Waals surface area contributed by atoms with E-state index >= 15 is 0 Å². The standard InChI is InChI=1S/C22H20N4O4S/c1-13-11-19(30-25-13)24-20(27)14(2)31-22-23-18-10-5-4-9-17(18)21(28)26(22)15-7-6-8-16(12-15)29-3/h4-12,14H,1-3H3,(H,24,27). The number of benzene rings is 2. The number of nitrogens with one attached hydrogen (secondary N) is 1. The maximum atomic E-state index is 13.3. The van der Waals surface area contributed by atoms with Gasteiger partial charge in [0.25, 0.3) is 5.56 Å². The van der Waals surface area contributed by atoms with Gasteiger partial charge in [-0.15, -0.1) is 0 Å². The topological polar surface area (TPSA) is 99.2 Å². The van der Waals surface area contributed by atoms with Crippen LogP contribution in [0.1, 0.15) is 12.6 Å². The van der Waals surface area contributed by atoms with Gasteiger partial charge in [-0.25, -0.2) is 4.98 Å². The molecule has 9 heteroatoms. The van der Waals surface area contributed by atoms with Crippen molar-refractivity contribution in [3.63, 3.8) is 0 Å². The van der Waals surface area contributed by atoms with Gasteiger partial charge in [0.2, 0.25) is 11.8 Å². The smallest absolute Gasteiger partial charge is 0.266 e. The Kier molecular flexibility index (Phi) is 5.77. The van der Waals surface area contributed by atoms with Gasteiger partial charge in [-0.3, -0.25) is 19.5 Å². The zero-order valence-electron chi connectivity index (χ0n) is 17.2. The highest BCUT2D eigenvalue weighted by atomic mass is 32.2. The van der Waals surface area contributed by atoms with Gasteiger partial charge in [0, 0.05) is 12.1 Å². The van der Waals surface area contributed by atoms with E-state index in [4.69, 9.17) is 9.26 Å². The summed E-state index contributed by atoms with van der Waals surface area (Å²) in [6.45, 7) is 3.50. The van der Waals surface area contributed by atoms with E-state index < -0.39 is 5.25 Å². The van der Waals surface area contributed by atoms with Crippen LogP contribution in [-0.2, 0) is 4.79 Å². The molecule has 2 heterocycles. The highest BCUT2D eigenvalue weighted by Crippen LogP contribution is 2.27. The molecule has 0 aliphatic rings. The van der Waals surface area contributed by atoms with Crippen LogP contribution in [0.2, 0.25) is 0 Å². The maximum absolute atomic E-state index is 13.3. The molecule has 0 saturated heterocycles. The molecule has 158 valence electrons. The molecule has 0 aliphatic carbocycles. The number of para-hydroxylation sites is 1. The lowest BCUT2D eigenvalue weighted by atomic mass is 10.2. The Morgan fingerprint density at radius 2 is 2.00 bits per heavy atom. The summed E-state index contributed by atoms with van der Waals surface area (Å²) < 4.78 is 11.9. The third-order valence-electron chi connectivity index (χ3n) is 4.58. The SMILES string of the molecule is COc1cccc(-n2c(SC(C)C(=O)Nc3cc(C)no3)nc3ccccc3c2=O)c1. The number of hydrogen-bond acceptors (Lipinski definition) is 7. The van der Waals surface area contributed by atoms with Crippen molar-refractivity contribution in [2.24, 2.45) is 0 Å². The van der Waals surface area contributed by atoms with E-state index in [9.17, 15) is 9.59 Å². The minimum atomic E-state index is -0.560. The average Bonchev–Trinajstić information content (AvgIpc) is 3.18. The Bertz CT molecular complexity index is 1310. The quantitative estimate of drug-likeness (QED) is 0.362. The van der Waals surface area contributed by atoms with Crippen LogP contribution in [-0.4, -0.2) is 33.0 Å². The van der Waals surface area contributed by atoms with Gasteiger partial charge >= 0.3 is 0 Å². The van der Waals surface area contributed by atoms with E-state index in [1.54, 1.807) is 69.5 Å². The third kappa shape index (κ3) is 4.31. The van der Waals surface area contributed by atoms with Gasteiger partial charge in [0.05, 0.1) is 34.6 Å². The van der Waals surface area contributed by atoms with Crippen LogP contribution < -0.4 is 15.6 Å². The summed E-state index contributed by atoms with van der Waals surface area (Å²) in [4.78, 5) is 30.7. The van der Waals surface area contributed by atoms with Crippen molar-refractivity contribution in [2.45, 2.75) is 24.3 Å². The largest absolute Gasteiger partial charge is 0.497 e. The molecule has 1 atom stereocenters. The highest BCUT2D eigenvalue weighted by Gasteiger charge is 2.21. The van der Waals surface area contributed by atoms with Crippen LogP contribution >= 0.6 is 11.8 Å². The molecule has 2 aromatic heterocycles. The molecule has 0 aliphatic heterocycles. The van der Waals surface area contributed by atoms with E-state index in [1.807, 2.05) is 6.07 Å². The first-order valence-corrected chi connectivity index (χ1v) is 10.4. The minimum absolute atomic E-state index is 0.222. The molecular weight excluding hydrogens is 416 g/mol. The van der Waals surface area contributed by atoms with Crippen molar-refractivity contribution in [2.75, 3.05) is 12.4 Å². The third-order valence-corrected chi connectivity index (χ3v) is 5.63. The number of carbonyl (C=O) groups excluding carboxylic acids is 1. The van der Waals surface area contributed by atoms with Crippen molar-refractivity contribution in [3.8, 4) is 11.4 Å². The van der Waals surface area contributed by atoms with Gasteiger partial charge < -0.3 is 9.26 Å². The lowest BCUT2D eigenvalue weighted by Crippen LogP contribution is -2.26. The summed E-state index contributed by atoms with van der Waals surface area (Å²) in [6.07, 6.45) is 0. The van der Waals surface area contributed by atoms with E-state index in [1.165, 1.54) is 16.3 Å². The number of ether oxygens (including phenoxy) is 1. The fourth-order valence-corrected chi connectivity index (χ4v) is 3.95. The maximum Gasteiger partial charge on any atom is 0.266 e. The molecule has 1 amide bonds. The number of amides is 1. The number of nitrogens with zero attached hydrogens (tertiary/aromatic N) is 3. The molecular formula is C22H20N4O4S. The number of methoxy groups -OCH3 is 1. The zero-order valence-corrected chi connectivity index (χ0v) is 18.0. The number of aryl methyl sites for hydroxylation is 1. The molecule has 1 unspecified atom stereocenters. The van der Waals surface area contributed by atoms with Crippen molar-refractivity contribution in [1.29, 1.82) is 0 Å². The lowest BCUT2D eigenvalue weighted by Gasteiger charge is -2.16. The summed E-state index contributed by atoms with van der Waals surface area (Å²) in [5.74, 6) is 0.590. The number of rotatable bonds is 6. The van der Waals surface area contributed by atoms with Gasteiger partial charge in [0.15, 0.2) is 5.16 Å². The molecule has 1 N–H and O–H groups in total. The summed E-state index contributed by atoms with van der Waals surface area (Å²) in [7, 11) is 1.56. The van der Waals surface area contributed by atoms with Crippen molar-refractivity contribution in [1.82, 2.24) is 14.7 Å². The summed E-state index contributed by atoms with van der Waals surface area (Å²) >= 11 is 1.18. The second-order valence-corrected chi connectivity index (χ2v) is 8.14. The molecule has 0 fully saturated rings. The van der Waals surface area contributed by atoms with Crippen LogP contribution in [0.3, 0.4) is 0 Å². The Labute approximate surface area is 182 Å². The first-order valence-electron chi connectivity index (χ1n) is 9.53. The summed E-state index contributed by atoms with van der Waals surface area (Å²) in [6, 6.07) is 15.9. The number of anilines is 1. The van der Waals surface area contributed by atoms with E-state index in [2.05, 4.69) is 15.5 Å². The van der Waals surface area contributed by atoms with Crippen LogP contribution in [0.4, 0.5) is 5.88 Å². The van der Waals surface area contributed by atoms with Gasteiger partial charge in [-0.1, -0.05) is 35.1 Å². The van der Waals surface area contributed by atoms with Crippen molar-refractivity contribution >= 4 is 34.5 Å². The fourth-order valence-electron chi connectivity index (χ4n) is 3.03. The summed E-state index contributed by atoms with van der Waals surface area (Å²) in [5.41, 5.74) is 1.61. The number of thioether (sulfide) groups is 1. The Morgan fingerprint density at radius 1 is 1.19 bits per heavy atom. The Morgan fingerprint density at radius 3 is 2.74 bits per heavy atom. The van der Waals surface area contributed by atoms with Gasteiger partial charge in [0.1, 0.15) is 5.75 Å². The van der Waals surface area contributed by atoms with Gasteiger partial charge in [-0.2, -0.15) is 0 Å². The van der Waals surface area contributed by atoms with E-state index in [-0.39, 0.29) is 17.4 Å². The monoisotopic (exact) mass is 436 g/mol. The number of hydrogen-bond donors (Lipinski definition) is 1. The molecule has 0 saturated carbocycles. The zero-order chi connectivity index (χ0) is 22.0. The Hall–Kier alpha value is -3.59. The van der Waals surface area contributed by atoms with E-state index in [0.717, 1.165) is 0 Å². The fraction of sp³-hybridized carbons (Fsp3) is 0.182. The number of carbonyl (C=O) groups is 1. The second kappa shape index (κ2) is 8.65. The molecule has 4 aromatic rings. The lowest BCUT2D eigenvalue weighted by molar-refractivity contribution is -0.115. The van der Waals surface area contributed by atoms with E-state index in [0.29, 0.717) is 33.2 Å². The average molecular weight is 436 g/mol. The van der Waals surface area contributed by atoms with Crippen LogP contribution in [0.15, 0.2) is 69.1 Å². The minimum Gasteiger partial charge on any atom is -0.497 e. The first-order chi connectivity index (χ1) is 15.0. The van der Waals surface area contributed by atoms with Crippen LogP contribution in [0.5, 0.6) is 5.75 Å². The molecule has 0 spiro atoms.